The lowest BCUT2D eigenvalue weighted by Crippen LogP contribution is -2.44. The number of hydrogen-bond donors (Lipinski definition) is 2. The van der Waals surface area contributed by atoms with Gasteiger partial charge in [0.05, 0.1) is 12.3 Å². The molecule has 0 amide bonds. The van der Waals surface area contributed by atoms with Crippen molar-refractivity contribution in [3.05, 3.63) is 0 Å². The number of rotatable bonds is 7. The van der Waals surface area contributed by atoms with E-state index in [-0.39, 0.29) is 12.5 Å². The minimum Gasteiger partial charge on any atom is -0.480 e. The van der Waals surface area contributed by atoms with Crippen LogP contribution in [0.25, 0.3) is 0 Å². The van der Waals surface area contributed by atoms with Gasteiger partial charge in [0.2, 0.25) is 10.0 Å². The third-order valence-corrected chi connectivity index (χ3v) is 5.74. The standard InChI is InChI=1S/C12H22N2O4S/c15-12(16)7-13-6-11-2-1-5-14(8-11)19(17,18)9-10-3-4-10/h10-11,13H,1-9H2,(H,15,16). The number of piperidine rings is 1. The van der Waals surface area contributed by atoms with E-state index in [4.69, 9.17) is 5.11 Å². The number of sulfonamides is 1. The maximum atomic E-state index is 12.2. The first-order chi connectivity index (χ1) is 8.97. The van der Waals surface area contributed by atoms with Crippen LogP contribution >= 0.6 is 0 Å². The van der Waals surface area contributed by atoms with Crippen molar-refractivity contribution in [1.29, 1.82) is 0 Å². The van der Waals surface area contributed by atoms with E-state index in [0.29, 0.717) is 31.3 Å². The van der Waals surface area contributed by atoms with E-state index in [9.17, 15) is 13.2 Å². The molecular weight excluding hydrogens is 268 g/mol. The summed E-state index contributed by atoms with van der Waals surface area (Å²) in [4.78, 5) is 10.4. The molecule has 6 nitrogen and oxygen atoms in total. The molecule has 2 aliphatic rings. The second kappa shape index (κ2) is 6.19. The predicted octanol–water partition coefficient (Wildman–Crippen LogP) is 0.112. The highest BCUT2D eigenvalue weighted by atomic mass is 32.2. The quantitative estimate of drug-likeness (QED) is 0.695. The summed E-state index contributed by atoms with van der Waals surface area (Å²) < 4.78 is 25.9. The smallest absolute Gasteiger partial charge is 0.317 e. The van der Waals surface area contributed by atoms with Crippen LogP contribution in [0.3, 0.4) is 0 Å². The van der Waals surface area contributed by atoms with Crippen molar-refractivity contribution in [3.8, 4) is 0 Å². The molecule has 0 bridgehead atoms. The average molecular weight is 290 g/mol. The van der Waals surface area contributed by atoms with Crippen LogP contribution in [0.15, 0.2) is 0 Å². The number of carbonyl (C=O) groups is 1. The predicted molar refractivity (Wildman–Crippen MR) is 71.3 cm³/mol. The molecule has 1 heterocycles. The topological polar surface area (TPSA) is 86.7 Å². The average Bonchev–Trinajstić information content (AvgIpc) is 3.12. The van der Waals surface area contributed by atoms with Gasteiger partial charge >= 0.3 is 5.97 Å². The van der Waals surface area contributed by atoms with Crippen LogP contribution in [0.1, 0.15) is 25.7 Å². The van der Waals surface area contributed by atoms with Crippen molar-refractivity contribution < 1.29 is 18.3 Å². The van der Waals surface area contributed by atoms with Crippen LogP contribution in [-0.2, 0) is 14.8 Å². The van der Waals surface area contributed by atoms with Gasteiger partial charge in [-0.3, -0.25) is 4.79 Å². The first-order valence-corrected chi connectivity index (χ1v) is 8.48. The second-order valence-electron chi connectivity index (χ2n) is 5.61. The van der Waals surface area contributed by atoms with Gasteiger partial charge in [-0.2, -0.15) is 0 Å². The minimum absolute atomic E-state index is 0.0642. The number of aliphatic carboxylic acids is 1. The Morgan fingerprint density at radius 2 is 2.00 bits per heavy atom. The molecule has 0 aromatic heterocycles. The van der Waals surface area contributed by atoms with Gasteiger partial charge in [0.15, 0.2) is 0 Å². The first-order valence-electron chi connectivity index (χ1n) is 6.87. The number of carboxylic acid groups (broad SMARTS) is 1. The van der Waals surface area contributed by atoms with E-state index in [1.807, 2.05) is 0 Å². The van der Waals surface area contributed by atoms with Crippen LogP contribution in [0.2, 0.25) is 0 Å². The fraction of sp³-hybridized carbons (Fsp3) is 0.917. The third-order valence-electron chi connectivity index (χ3n) is 3.73. The molecule has 1 saturated carbocycles. The van der Waals surface area contributed by atoms with Crippen LogP contribution < -0.4 is 5.32 Å². The van der Waals surface area contributed by atoms with Crippen LogP contribution in [0.5, 0.6) is 0 Å². The van der Waals surface area contributed by atoms with E-state index in [2.05, 4.69) is 5.32 Å². The van der Waals surface area contributed by atoms with Gasteiger partial charge in [-0.05, 0) is 44.1 Å². The summed E-state index contributed by atoms with van der Waals surface area (Å²) in [6.45, 7) is 1.65. The fourth-order valence-electron chi connectivity index (χ4n) is 2.52. The molecule has 2 fully saturated rings. The highest BCUT2D eigenvalue weighted by Gasteiger charge is 2.34. The van der Waals surface area contributed by atoms with Gasteiger partial charge in [0, 0.05) is 13.1 Å². The molecule has 1 unspecified atom stereocenters. The Bertz CT molecular complexity index is 419. The molecule has 0 radical (unpaired) electrons. The molecular formula is C12H22N2O4S. The number of nitrogens with zero attached hydrogens (tertiary/aromatic N) is 1. The molecule has 19 heavy (non-hydrogen) atoms. The molecule has 1 saturated heterocycles. The zero-order valence-electron chi connectivity index (χ0n) is 11.0. The molecule has 110 valence electrons. The van der Waals surface area contributed by atoms with E-state index in [1.54, 1.807) is 4.31 Å². The Morgan fingerprint density at radius 3 is 2.63 bits per heavy atom. The normalized spacial score (nSPS) is 25.4. The molecule has 0 spiro atoms. The van der Waals surface area contributed by atoms with Crippen molar-refractivity contribution in [2.45, 2.75) is 25.7 Å². The second-order valence-corrected chi connectivity index (χ2v) is 7.63. The van der Waals surface area contributed by atoms with Gasteiger partial charge < -0.3 is 10.4 Å². The van der Waals surface area contributed by atoms with E-state index in [1.165, 1.54) is 0 Å². The zero-order valence-corrected chi connectivity index (χ0v) is 11.9. The first kappa shape index (κ1) is 14.7. The Morgan fingerprint density at radius 1 is 1.26 bits per heavy atom. The summed E-state index contributed by atoms with van der Waals surface area (Å²) in [5.41, 5.74) is 0. The van der Waals surface area contributed by atoms with E-state index >= 15 is 0 Å². The van der Waals surface area contributed by atoms with Gasteiger partial charge in [-0.25, -0.2) is 12.7 Å². The summed E-state index contributed by atoms with van der Waals surface area (Å²) in [6, 6.07) is 0. The monoisotopic (exact) mass is 290 g/mol. The molecule has 0 aromatic carbocycles. The highest BCUT2D eigenvalue weighted by Crippen LogP contribution is 2.32. The Balaban J connectivity index is 1.80. The zero-order chi connectivity index (χ0) is 13.9. The van der Waals surface area contributed by atoms with Gasteiger partial charge in [-0.1, -0.05) is 0 Å². The van der Waals surface area contributed by atoms with Crippen molar-refractivity contribution in [2.75, 3.05) is 31.9 Å². The van der Waals surface area contributed by atoms with Crippen LogP contribution in [0.4, 0.5) is 0 Å². The summed E-state index contributed by atoms with van der Waals surface area (Å²) in [5.74, 6) is 0.00838. The van der Waals surface area contributed by atoms with Gasteiger partial charge in [0.25, 0.3) is 0 Å². The van der Waals surface area contributed by atoms with Crippen molar-refractivity contribution in [3.63, 3.8) is 0 Å². The SMILES string of the molecule is O=C(O)CNCC1CCCN(S(=O)(=O)CC2CC2)C1. The Hall–Kier alpha value is -0.660. The molecule has 2 rings (SSSR count). The number of nitrogens with one attached hydrogen (secondary N) is 1. The van der Waals surface area contributed by atoms with Gasteiger partial charge in [0.1, 0.15) is 0 Å². The molecule has 2 N–H and O–H groups in total. The highest BCUT2D eigenvalue weighted by molar-refractivity contribution is 7.89. The largest absolute Gasteiger partial charge is 0.480 e. The van der Waals surface area contributed by atoms with Crippen molar-refractivity contribution in [2.24, 2.45) is 11.8 Å². The summed E-state index contributed by atoms with van der Waals surface area (Å²) in [7, 11) is -3.11. The Kier molecular flexibility index (Phi) is 4.81. The minimum atomic E-state index is -3.11. The maximum Gasteiger partial charge on any atom is 0.317 e. The fourth-order valence-corrected chi connectivity index (χ4v) is 4.50. The molecule has 1 atom stereocenters. The number of hydrogen-bond acceptors (Lipinski definition) is 4. The molecule has 7 heteroatoms. The van der Waals surface area contributed by atoms with Gasteiger partial charge in [-0.15, -0.1) is 0 Å². The molecule has 0 aromatic rings. The third kappa shape index (κ3) is 4.74. The molecule has 1 aliphatic heterocycles. The summed E-state index contributed by atoms with van der Waals surface area (Å²) in [5, 5.41) is 11.4. The lowest BCUT2D eigenvalue weighted by Gasteiger charge is -2.32. The van der Waals surface area contributed by atoms with Crippen LogP contribution in [0, 0.1) is 11.8 Å². The lowest BCUT2D eigenvalue weighted by molar-refractivity contribution is -0.136. The van der Waals surface area contributed by atoms with Crippen molar-refractivity contribution in [1.82, 2.24) is 9.62 Å². The maximum absolute atomic E-state index is 12.2. The van der Waals surface area contributed by atoms with Crippen molar-refractivity contribution >= 4 is 16.0 Å². The van der Waals surface area contributed by atoms with E-state index in [0.717, 1.165) is 25.7 Å². The summed E-state index contributed by atoms with van der Waals surface area (Å²) >= 11 is 0. The Labute approximate surface area is 114 Å². The molecule has 1 aliphatic carbocycles. The van der Waals surface area contributed by atoms with E-state index < -0.39 is 16.0 Å². The lowest BCUT2D eigenvalue weighted by atomic mass is 10.00. The summed E-state index contributed by atoms with van der Waals surface area (Å²) in [6.07, 6.45) is 3.90. The van der Waals surface area contributed by atoms with Crippen LogP contribution in [-0.4, -0.2) is 55.7 Å². The number of carboxylic acids is 1.